The smallest absolute Gasteiger partial charge is 0.336 e. The summed E-state index contributed by atoms with van der Waals surface area (Å²) in [7, 11) is 0. The number of fused-ring (bicyclic) bond motifs is 2. The van der Waals surface area contributed by atoms with E-state index in [-0.39, 0.29) is 5.63 Å². The van der Waals surface area contributed by atoms with Crippen molar-refractivity contribution in [1.82, 2.24) is 4.98 Å². The number of para-hydroxylation sites is 1. The quantitative estimate of drug-likeness (QED) is 0.354. The Hall–Kier alpha value is -2.59. The predicted octanol–water partition coefficient (Wildman–Crippen LogP) is 5.56. The van der Waals surface area contributed by atoms with Crippen molar-refractivity contribution >= 4 is 33.6 Å². The first kappa shape index (κ1) is 16.9. The Kier molecular flexibility index (Phi) is 4.29. The first-order valence-corrected chi connectivity index (χ1v) is 9.53. The minimum atomic E-state index is -0.301. The zero-order valence-corrected chi connectivity index (χ0v) is 15.8. The van der Waals surface area contributed by atoms with Gasteiger partial charge in [-0.3, -0.25) is 0 Å². The monoisotopic (exact) mass is 361 g/mol. The van der Waals surface area contributed by atoms with Gasteiger partial charge in [0.1, 0.15) is 5.58 Å². The molecule has 2 heterocycles. The molecule has 0 aliphatic carbocycles. The maximum absolute atomic E-state index is 12.0. The molecule has 2 aromatic heterocycles. The van der Waals surface area contributed by atoms with Crippen molar-refractivity contribution in [2.75, 3.05) is 0 Å². The van der Waals surface area contributed by atoms with Crippen LogP contribution in [0.1, 0.15) is 22.3 Å². The Labute approximate surface area is 156 Å². The maximum Gasteiger partial charge on any atom is 0.336 e. The Morgan fingerprint density at radius 3 is 2.62 bits per heavy atom. The molecule has 2 aromatic carbocycles. The normalized spacial score (nSPS) is 11.3. The van der Waals surface area contributed by atoms with Gasteiger partial charge < -0.3 is 4.42 Å². The van der Waals surface area contributed by atoms with Crippen LogP contribution >= 0.6 is 11.8 Å². The molecule has 0 aliphatic rings. The second-order valence-electron chi connectivity index (χ2n) is 6.56. The summed E-state index contributed by atoms with van der Waals surface area (Å²) in [5.74, 6) is 0.676. The third kappa shape index (κ3) is 3.01. The van der Waals surface area contributed by atoms with Crippen molar-refractivity contribution < 1.29 is 4.42 Å². The summed E-state index contributed by atoms with van der Waals surface area (Å²) in [5.41, 5.74) is 5.72. The molecule has 3 nitrogen and oxygen atoms in total. The molecule has 0 atom stereocenters. The Balaban J connectivity index is 1.72. The van der Waals surface area contributed by atoms with E-state index < -0.39 is 0 Å². The zero-order valence-electron chi connectivity index (χ0n) is 15.0. The molecule has 0 radical (unpaired) electrons. The second kappa shape index (κ2) is 6.61. The van der Waals surface area contributed by atoms with Crippen LogP contribution in [-0.2, 0) is 5.75 Å². The SMILES string of the molecule is Cc1ccc2c(CSc3cc(C)c4ccccc4n3)cc(=O)oc2c1C. The number of hydrogen-bond donors (Lipinski definition) is 0. The summed E-state index contributed by atoms with van der Waals surface area (Å²) in [6.45, 7) is 6.12. The fourth-order valence-electron chi connectivity index (χ4n) is 3.19. The van der Waals surface area contributed by atoms with Crippen molar-refractivity contribution in [2.45, 2.75) is 31.6 Å². The summed E-state index contributed by atoms with van der Waals surface area (Å²) in [6, 6.07) is 16.0. The number of aromatic nitrogens is 1. The molecule has 4 heteroatoms. The van der Waals surface area contributed by atoms with E-state index in [0.717, 1.165) is 32.6 Å². The van der Waals surface area contributed by atoms with Crippen LogP contribution in [0.15, 0.2) is 62.8 Å². The van der Waals surface area contributed by atoms with Gasteiger partial charge >= 0.3 is 5.63 Å². The molecule has 0 unspecified atom stereocenters. The summed E-state index contributed by atoms with van der Waals surface area (Å²) in [4.78, 5) is 16.8. The molecule has 0 fully saturated rings. The van der Waals surface area contributed by atoms with Crippen LogP contribution in [0.2, 0.25) is 0 Å². The van der Waals surface area contributed by atoms with E-state index in [1.54, 1.807) is 17.8 Å². The highest BCUT2D eigenvalue weighted by molar-refractivity contribution is 7.98. The van der Waals surface area contributed by atoms with Crippen LogP contribution < -0.4 is 5.63 Å². The van der Waals surface area contributed by atoms with Gasteiger partial charge in [-0.1, -0.05) is 30.3 Å². The highest BCUT2D eigenvalue weighted by Gasteiger charge is 2.11. The van der Waals surface area contributed by atoms with E-state index >= 15 is 0 Å². The van der Waals surface area contributed by atoms with Gasteiger partial charge in [0.15, 0.2) is 0 Å². The minimum absolute atomic E-state index is 0.301. The van der Waals surface area contributed by atoms with E-state index in [1.165, 1.54) is 10.9 Å². The van der Waals surface area contributed by atoms with Gasteiger partial charge in [0.25, 0.3) is 0 Å². The van der Waals surface area contributed by atoms with Crippen LogP contribution in [-0.4, -0.2) is 4.98 Å². The van der Waals surface area contributed by atoms with Gasteiger partial charge in [0.2, 0.25) is 0 Å². The Bertz CT molecular complexity index is 1190. The lowest BCUT2D eigenvalue weighted by Crippen LogP contribution is -2.01. The van der Waals surface area contributed by atoms with E-state index in [2.05, 4.69) is 25.1 Å². The number of thioether (sulfide) groups is 1. The summed E-state index contributed by atoms with van der Waals surface area (Å²) >= 11 is 1.64. The van der Waals surface area contributed by atoms with E-state index in [9.17, 15) is 4.79 Å². The minimum Gasteiger partial charge on any atom is -0.422 e. The molecule has 0 spiro atoms. The Morgan fingerprint density at radius 1 is 0.962 bits per heavy atom. The second-order valence-corrected chi connectivity index (χ2v) is 7.55. The molecule has 0 amide bonds. The molecule has 0 aliphatic heterocycles. The third-order valence-electron chi connectivity index (χ3n) is 4.79. The fraction of sp³-hybridized carbons (Fsp3) is 0.182. The van der Waals surface area contributed by atoms with Crippen LogP contribution in [0.3, 0.4) is 0 Å². The zero-order chi connectivity index (χ0) is 18.3. The van der Waals surface area contributed by atoms with Gasteiger partial charge in [-0.2, -0.15) is 0 Å². The molecule has 0 N–H and O–H groups in total. The van der Waals surface area contributed by atoms with Crippen LogP contribution in [0.25, 0.3) is 21.9 Å². The topological polar surface area (TPSA) is 43.1 Å². The fourth-order valence-corrected chi connectivity index (χ4v) is 4.15. The molecule has 4 rings (SSSR count). The molecule has 0 bridgehead atoms. The van der Waals surface area contributed by atoms with Crippen molar-refractivity contribution in [1.29, 1.82) is 0 Å². The molecular weight excluding hydrogens is 342 g/mol. The van der Waals surface area contributed by atoms with Gasteiger partial charge in [0, 0.05) is 22.6 Å². The molecule has 4 aromatic rings. The number of hydrogen-bond acceptors (Lipinski definition) is 4. The summed E-state index contributed by atoms with van der Waals surface area (Å²) in [5, 5.41) is 3.14. The third-order valence-corrected chi connectivity index (χ3v) is 5.75. The average Bonchev–Trinajstić information content (AvgIpc) is 2.63. The van der Waals surface area contributed by atoms with Crippen LogP contribution in [0.4, 0.5) is 0 Å². The van der Waals surface area contributed by atoms with E-state index in [4.69, 9.17) is 9.40 Å². The van der Waals surface area contributed by atoms with Crippen LogP contribution in [0, 0.1) is 20.8 Å². The van der Waals surface area contributed by atoms with Crippen molar-refractivity contribution in [2.24, 2.45) is 0 Å². The standard InChI is InChI=1S/C22H19NO2S/c1-13-8-9-18-16(11-21(24)25-22(18)15(13)3)12-26-20-10-14(2)17-6-4-5-7-19(17)23-20/h4-11H,12H2,1-3H3. The molecule has 130 valence electrons. The predicted molar refractivity (Wildman–Crippen MR) is 108 cm³/mol. The highest BCUT2D eigenvalue weighted by atomic mass is 32.2. The van der Waals surface area contributed by atoms with Crippen molar-refractivity contribution in [3.05, 3.63) is 81.2 Å². The summed E-state index contributed by atoms with van der Waals surface area (Å²) < 4.78 is 5.46. The molecule has 26 heavy (non-hydrogen) atoms. The highest BCUT2D eigenvalue weighted by Crippen LogP contribution is 2.30. The average molecular weight is 361 g/mol. The van der Waals surface area contributed by atoms with E-state index in [1.807, 2.05) is 38.1 Å². The lowest BCUT2D eigenvalue weighted by atomic mass is 10.0. The molecular formula is C22H19NO2S. The largest absolute Gasteiger partial charge is 0.422 e. The lowest BCUT2D eigenvalue weighted by Gasteiger charge is -2.09. The molecule has 0 saturated carbocycles. The number of nitrogens with zero attached hydrogens (tertiary/aromatic N) is 1. The number of pyridine rings is 1. The number of rotatable bonds is 3. The van der Waals surface area contributed by atoms with Gasteiger partial charge in [-0.25, -0.2) is 9.78 Å². The van der Waals surface area contributed by atoms with Gasteiger partial charge in [0.05, 0.1) is 10.5 Å². The number of aryl methyl sites for hydroxylation is 3. The lowest BCUT2D eigenvalue weighted by molar-refractivity contribution is 0.557. The van der Waals surface area contributed by atoms with Gasteiger partial charge in [-0.05, 0) is 55.2 Å². The van der Waals surface area contributed by atoms with Crippen LogP contribution in [0.5, 0.6) is 0 Å². The summed E-state index contributed by atoms with van der Waals surface area (Å²) in [6.07, 6.45) is 0. The first-order chi connectivity index (χ1) is 12.5. The first-order valence-electron chi connectivity index (χ1n) is 8.55. The molecule has 0 saturated heterocycles. The van der Waals surface area contributed by atoms with E-state index in [0.29, 0.717) is 11.3 Å². The van der Waals surface area contributed by atoms with Crippen molar-refractivity contribution in [3.63, 3.8) is 0 Å². The van der Waals surface area contributed by atoms with Gasteiger partial charge in [-0.15, -0.1) is 11.8 Å². The van der Waals surface area contributed by atoms with Crippen molar-refractivity contribution in [3.8, 4) is 0 Å². The Morgan fingerprint density at radius 2 is 1.77 bits per heavy atom. The maximum atomic E-state index is 12.0. The number of benzene rings is 2.